The molecule has 2 rings (SSSR count). The van der Waals surface area contributed by atoms with Crippen molar-refractivity contribution >= 4 is 27.6 Å². The molecule has 2 N–H and O–H groups in total. The van der Waals surface area contributed by atoms with Crippen LogP contribution in [0.3, 0.4) is 0 Å². The average Bonchev–Trinajstić information content (AvgIpc) is 2.57. The van der Waals surface area contributed by atoms with E-state index >= 15 is 0 Å². The molecule has 0 bridgehead atoms. The van der Waals surface area contributed by atoms with Crippen LogP contribution in [0.2, 0.25) is 0 Å². The van der Waals surface area contributed by atoms with Gasteiger partial charge in [-0.15, -0.1) is 0 Å². The summed E-state index contributed by atoms with van der Waals surface area (Å²) >= 11 is 3.40. The highest BCUT2D eigenvalue weighted by Gasteiger charge is 2.12. The van der Waals surface area contributed by atoms with Gasteiger partial charge in [0, 0.05) is 11.0 Å². The molecule has 122 valence electrons. The highest BCUT2D eigenvalue weighted by atomic mass is 79.9. The standard InChI is InChI=1S/C17H19BrN2O3/c1-22-14-4-3-5-15(23-2)16(14)20-17(21)19-11-10-12-6-8-13(18)9-7-12/h3-9H,10-11H2,1-2H3,(H2,19,20,21). The lowest BCUT2D eigenvalue weighted by atomic mass is 10.1. The summed E-state index contributed by atoms with van der Waals surface area (Å²) < 4.78 is 11.5. The number of amides is 2. The molecular formula is C17H19BrN2O3. The molecule has 2 aromatic carbocycles. The van der Waals surface area contributed by atoms with Crippen LogP contribution in [-0.4, -0.2) is 26.8 Å². The Morgan fingerprint density at radius 3 is 2.22 bits per heavy atom. The molecular weight excluding hydrogens is 360 g/mol. The van der Waals surface area contributed by atoms with Gasteiger partial charge in [-0.1, -0.05) is 34.1 Å². The number of benzene rings is 2. The maximum absolute atomic E-state index is 12.1. The summed E-state index contributed by atoms with van der Waals surface area (Å²) in [4.78, 5) is 12.1. The number of anilines is 1. The predicted molar refractivity (Wildman–Crippen MR) is 94.4 cm³/mol. The van der Waals surface area contributed by atoms with E-state index in [-0.39, 0.29) is 6.03 Å². The van der Waals surface area contributed by atoms with Crippen LogP contribution in [-0.2, 0) is 6.42 Å². The summed E-state index contributed by atoms with van der Waals surface area (Å²) in [5.74, 6) is 1.10. The zero-order valence-electron chi connectivity index (χ0n) is 13.1. The lowest BCUT2D eigenvalue weighted by Crippen LogP contribution is -2.30. The van der Waals surface area contributed by atoms with Crippen molar-refractivity contribution in [1.29, 1.82) is 0 Å². The molecule has 0 aromatic heterocycles. The topological polar surface area (TPSA) is 59.6 Å². The van der Waals surface area contributed by atoms with E-state index < -0.39 is 0 Å². The van der Waals surface area contributed by atoms with Crippen LogP contribution < -0.4 is 20.1 Å². The summed E-state index contributed by atoms with van der Waals surface area (Å²) in [6, 6.07) is 13.0. The van der Waals surface area contributed by atoms with Gasteiger partial charge in [0.1, 0.15) is 17.2 Å². The van der Waals surface area contributed by atoms with E-state index in [0.717, 1.165) is 16.5 Å². The van der Waals surface area contributed by atoms with E-state index in [1.54, 1.807) is 32.4 Å². The van der Waals surface area contributed by atoms with E-state index in [4.69, 9.17) is 9.47 Å². The highest BCUT2D eigenvalue weighted by molar-refractivity contribution is 9.10. The van der Waals surface area contributed by atoms with Crippen molar-refractivity contribution in [2.45, 2.75) is 6.42 Å². The number of halogens is 1. The molecule has 2 amide bonds. The first-order chi connectivity index (χ1) is 11.1. The van der Waals surface area contributed by atoms with Gasteiger partial charge in [-0.2, -0.15) is 0 Å². The number of urea groups is 1. The number of methoxy groups -OCH3 is 2. The second kappa shape index (κ2) is 8.43. The minimum Gasteiger partial charge on any atom is -0.494 e. The number of carbonyl (C=O) groups excluding carboxylic acids is 1. The Morgan fingerprint density at radius 1 is 1.04 bits per heavy atom. The molecule has 0 heterocycles. The maximum Gasteiger partial charge on any atom is 0.319 e. The molecule has 0 spiro atoms. The normalized spacial score (nSPS) is 10.0. The van der Waals surface area contributed by atoms with Gasteiger partial charge in [-0.25, -0.2) is 4.79 Å². The average molecular weight is 379 g/mol. The van der Waals surface area contributed by atoms with Crippen LogP contribution in [0.1, 0.15) is 5.56 Å². The van der Waals surface area contributed by atoms with Crippen molar-refractivity contribution in [3.8, 4) is 11.5 Å². The summed E-state index contributed by atoms with van der Waals surface area (Å²) in [5, 5.41) is 5.59. The fraction of sp³-hybridized carbons (Fsp3) is 0.235. The Balaban J connectivity index is 1.91. The van der Waals surface area contributed by atoms with Gasteiger partial charge >= 0.3 is 6.03 Å². The van der Waals surface area contributed by atoms with Crippen LogP contribution in [0.15, 0.2) is 46.9 Å². The summed E-state index contributed by atoms with van der Waals surface area (Å²) in [7, 11) is 3.09. The molecule has 0 aliphatic heterocycles. The molecule has 2 aromatic rings. The third kappa shape index (κ3) is 4.89. The largest absolute Gasteiger partial charge is 0.494 e. The molecule has 0 fully saturated rings. The minimum absolute atomic E-state index is 0.301. The SMILES string of the molecule is COc1cccc(OC)c1NC(=O)NCCc1ccc(Br)cc1. The molecule has 0 aliphatic carbocycles. The molecule has 0 unspecified atom stereocenters. The Kier molecular flexibility index (Phi) is 6.29. The Morgan fingerprint density at radius 2 is 1.65 bits per heavy atom. The van der Waals surface area contributed by atoms with Crippen LogP contribution in [0.5, 0.6) is 11.5 Å². The lowest BCUT2D eigenvalue weighted by Gasteiger charge is -2.14. The zero-order chi connectivity index (χ0) is 16.7. The maximum atomic E-state index is 12.1. The van der Waals surface area contributed by atoms with Gasteiger partial charge in [0.25, 0.3) is 0 Å². The van der Waals surface area contributed by atoms with E-state index in [0.29, 0.717) is 23.7 Å². The van der Waals surface area contributed by atoms with Crippen LogP contribution in [0.25, 0.3) is 0 Å². The molecule has 0 saturated heterocycles. The Hall–Kier alpha value is -2.21. The van der Waals surface area contributed by atoms with E-state index in [2.05, 4.69) is 26.6 Å². The monoisotopic (exact) mass is 378 g/mol. The van der Waals surface area contributed by atoms with Gasteiger partial charge in [-0.05, 0) is 36.2 Å². The molecule has 5 nitrogen and oxygen atoms in total. The van der Waals surface area contributed by atoms with E-state index in [1.165, 1.54) is 0 Å². The van der Waals surface area contributed by atoms with Crippen molar-refractivity contribution < 1.29 is 14.3 Å². The van der Waals surface area contributed by atoms with Gasteiger partial charge < -0.3 is 20.1 Å². The highest BCUT2D eigenvalue weighted by Crippen LogP contribution is 2.33. The third-order valence-electron chi connectivity index (χ3n) is 3.28. The lowest BCUT2D eigenvalue weighted by molar-refractivity contribution is 0.252. The fourth-order valence-electron chi connectivity index (χ4n) is 2.10. The minimum atomic E-state index is -0.301. The van der Waals surface area contributed by atoms with E-state index in [9.17, 15) is 4.79 Å². The van der Waals surface area contributed by atoms with Crippen molar-refractivity contribution in [3.63, 3.8) is 0 Å². The number of nitrogens with one attached hydrogen (secondary N) is 2. The molecule has 6 heteroatoms. The molecule has 0 atom stereocenters. The van der Waals surface area contributed by atoms with E-state index in [1.807, 2.05) is 24.3 Å². The molecule has 0 saturated carbocycles. The Labute approximate surface area is 144 Å². The van der Waals surface area contributed by atoms with Crippen molar-refractivity contribution in [3.05, 3.63) is 52.5 Å². The summed E-state index contributed by atoms with van der Waals surface area (Å²) in [6.45, 7) is 0.533. The summed E-state index contributed by atoms with van der Waals surface area (Å²) in [5.41, 5.74) is 1.67. The first kappa shape index (κ1) is 17.1. The number of hydrogen-bond donors (Lipinski definition) is 2. The zero-order valence-corrected chi connectivity index (χ0v) is 14.6. The van der Waals surface area contributed by atoms with Gasteiger partial charge in [0.05, 0.1) is 14.2 Å². The number of rotatable bonds is 6. The number of hydrogen-bond acceptors (Lipinski definition) is 3. The fourth-order valence-corrected chi connectivity index (χ4v) is 2.37. The smallest absolute Gasteiger partial charge is 0.319 e. The number of para-hydroxylation sites is 1. The van der Waals surface area contributed by atoms with Crippen molar-refractivity contribution in [2.24, 2.45) is 0 Å². The number of ether oxygens (including phenoxy) is 2. The third-order valence-corrected chi connectivity index (χ3v) is 3.81. The van der Waals surface area contributed by atoms with Gasteiger partial charge in [0.2, 0.25) is 0 Å². The molecule has 0 aliphatic rings. The number of carbonyl (C=O) groups is 1. The first-order valence-electron chi connectivity index (χ1n) is 7.14. The van der Waals surface area contributed by atoms with Crippen LogP contribution in [0, 0.1) is 0 Å². The van der Waals surface area contributed by atoms with Crippen LogP contribution in [0.4, 0.5) is 10.5 Å². The second-order valence-corrected chi connectivity index (χ2v) is 5.71. The molecule has 23 heavy (non-hydrogen) atoms. The van der Waals surface area contributed by atoms with Gasteiger partial charge in [-0.3, -0.25) is 0 Å². The quantitative estimate of drug-likeness (QED) is 0.802. The predicted octanol–water partition coefficient (Wildman–Crippen LogP) is 3.83. The van der Waals surface area contributed by atoms with Gasteiger partial charge in [0.15, 0.2) is 0 Å². The second-order valence-electron chi connectivity index (χ2n) is 4.79. The Bertz CT molecular complexity index is 637. The molecule has 0 radical (unpaired) electrons. The summed E-state index contributed by atoms with van der Waals surface area (Å²) in [6.07, 6.45) is 0.754. The van der Waals surface area contributed by atoms with Crippen LogP contribution >= 0.6 is 15.9 Å². The van der Waals surface area contributed by atoms with Crippen molar-refractivity contribution in [2.75, 3.05) is 26.1 Å². The van der Waals surface area contributed by atoms with Crippen molar-refractivity contribution in [1.82, 2.24) is 5.32 Å². The first-order valence-corrected chi connectivity index (χ1v) is 7.93.